The normalized spacial score (nSPS) is 15.6. The lowest BCUT2D eigenvalue weighted by molar-refractivity contribution is -0.168. The first-order valence-electron chi connectivity index (χ1n) is 7.96. The Bertz CT molecular complexity index is 382. The van der Waals surface area contributed by atoms with E-state index in [0.717, 1.165) is 12.8 Å². The Balaban J connectivity index is 4.51. The molecule has 0 saturated heterocycles. The zero-order valence-corrected chi connectivity index (χ0v) is 14.3. The van der Waals surface area contributed by atoms with Crippen molar-refractivity contribution in [3.63, 3.8) is 0 Å². The molecule has 136 valence electrons. The first-order chi connectivity index (χ1) is 10.6. The third-order valence-electron chi connectivity index (χ3n) is 3.79. The molecule has 0 bridgehead atoms. The number of carbonyl (C=O) groups is 2. The Hall–Kier alpha value is -1.27. The van der Waals surface area contributed by atoms with Crippen LogP contribution in [0.4, 0.5) is 13.2 Å². The van der Waals surface area contributed by atoms with Crippen molar-refractivity contribution >= 4 is 11.9 Å². The summed E-state index contributed by atoms with van der Waals surface area (Å²) < 4.78 is 46.1. The topological polar surface area (TPSA) is 52.6 Å². The van der Waals surface area contributed by atoms with E-state index in [1.54, 1.807) is 20.8 Å². The maximum atomic E-state index is 12.1. The summed E-state index contributed by atoms with van der Waals surface area (Å²) in [5.41, 5.74) is -1.01. The molecule has 2 unspecified atom stereocenters. The Labute approximate surface area is 135 Å². The highest BCUT2D eigenvalue weighted by molar-refractivity contribution is 5.78. The second-order valence-electron chi connectivity index (χ2n) is 6.04. The van der Waals surface area contributed by atoms with Gasteiger partial charge in [-0.1, -0.05) is 27.2 Å². The summed E-state index contributed by atoms with van der Waals surface area (Å²) in [5, 5.41) is 0. The van der Waals surface area contributed by atoms with Gasteiger partial charge in [0.15, 0.2) is 0 Å². The number of alkyl halides is 3. The maximum Gasteiger partial charge on any atom is 0.392 e. The van der Waals surface area contributed by atoms with Gasteiger partial charge in [0.25, 0.3) is 0 Å². The predicted octanol–water partition coefficient (Wildman–Crippen LogP) is 4.27. The fraction of sp³-hybridized carbons (Fsp3) is 0.875. The van der Waals surface area contributed by atoms with E-state index in [9.17, 15) is 22.8 Å². The van der Waals surface area contributed by atoms with Gasteiger partial charge in [-0.05, 0) is 26.2 Å². The number of hydrogen-bond donors (Lipinski definition) is 0. The molecule has 0 aliphatic carbocycles. The lowest BCUT2D eigenvalue weighted by atomic mass is 9.79. The number of rotatable bonds is 10. The highest BCUT2D eigenvalue weighted by Gasteiger charge is 2.37. The standard InChI is InChI=1S/C16H27F3O4/c1-5-7-9-22-13(20)12(3)11-15(4,6-2)14(21)23-10-8-16(17,18)19/h12H,5-11H2,1-4H3. The van der Waals surface area contributed by atoms with Crippen LogP contribution in [0.2, 0.25) is 0 Å². The van der Waals surface area contributed by atoms with Crippen molar-refractivity contribution in [2.24, 2.45) is 11.3 Å². The second-order valence-corrected chi connectivity index (χ2v) is 6.04. The zero-order chi connectivity index (χ0) is 18.1. The van der Waals surface area contributed by atoms with Crippen molar-refractivity contribution in [3.8, 4) is 0 Å². The molecule has 2 atom stereocenters. The quantitative estimate of drug-likeness (QED) is 0.440. The van der Waals surface area contributed by atoms with Crippen molar-refractivity contribution in [3.05, 3.63) is 0 Å². The maximum absolute atomic E-state index is 12.1. The molecule has 0 aliphatic rings. The summed E-state index contributed by atoms with van der Waals surface area (Å²) in [6.45, 7) is 6.58. The molecule has 0 N–H and O–H groups in total. The highest BCUT2D eigenvalue weighted by atomic mass is 19.4. The van der Waals surface area contributed by atoms with Crippen LogP contribution >= 0.6 is 0 Å². The fourth-order valence-electron chi connectivity index (χ4n) is 2.02. The monoisotopic (exact) mass is 340 g/mol. The third kappa shape index (κ3) is 8.81. The van der Waals surface area contributed by atoms with Gasteiger partial charge < -0.3 is 9.47 Å². The van der Waals surface area contributed by atoms with Crippen molar-refractivity contribution in [2.45, 2.75) is 66.0 Å². The van der Waals surface area contributed by atoms with Gasteiger partial charge in [-0.3, -0.25) is 9.59 Å². The number of esters is 2. The van der Waals surface area contributed by atoms with E-state index in [2.05, 4.69) is 0 Å². The van der Waals surface area contributed by atoms with Gasteiger partial charge in [0.2, 0.25) is 0 Å². The van der Waals surface area contributed by atoms with E-state index in [-0.39, 0.29) is 6.42 Å². The van der Waals surface area contributed by atoms with Gasteiger partial charge in [-0.2, -0.15) is 13.2 Å². The Morgan fingerprint density at radius 1 is 1.09 bits per heavy atom. The minimum Gasteiger partial charge on any atom is -0.465 e. The number of halogens is 3. The fourth-order valence-corrected chi connectivity index (χ4v) is 2.02. The summed E-state index contributed by atoms with van der Waals surface area (Å²) >= 11 is 0. The second kappa shape index (κ2) is 9.78. The first-order valence-corrected chi connectivity index (χ1v) is 7.96. The highest BCUT2D eigenvalue weighted by Crippen LogP contribution is 2.32. The Kier molecular flexibility index (Phi) is 9.24. The molecule has 23 heavy (non-hydrogen) atoms. The first kappa shape index (κ1) is 21.7. The van der Waals surface area contributed by atoms with E-state index >= 15 is 0 Å². The summed E-state index contributed by atoms with van der Waals surface area (Å²) in [5.74, 6) is -1.63. The molecule has 0 amide bonds. The van der Waals surface area contributed by atoms with Crippen LogP contribution in [0.1, 0.15) is 59.8 Å². The molecular weight excluding hydrogens is 313 g/mol. The van der Waals surface area contributed by atoms with Crippen LogP contribution in [-0.2, 0) is 19.1 Å². The van der Waals surface area contributed by atoms with E-state index < -0.39 is 42.5 Å². The molecular formula is C16H27F3O4. The van der Waals surface area contributed by atoms with Gasteiger partial charge in [-0.15, -0.1) is 0 Å². The molecule has 0 radical (unpaired) electrons. The van der Waals surface area contributed by atoms with Gasteiger partial charge >= 0.3 is 18.1 Å². The third-order valence-corrected chi connectivity index (χ3v) is 3.79. The largest absolute Gasteiger partial charge is 0.465 e. The van der Waals surface area contributed by atoms with E-state index in [0.29, 0.717) is 13.0 Å². The van der Waals surface area contributed by atoms with Crippen LogP contribution < -0.4 is 0 Å². The number of ether oxygens (including phenoxy) is 2. The van der Waals surface area contributed by atoms with Gasteiger partial charge in [0, 0.05) is 0 Å². The molecule has 0 rings (SSSR count). The number of carbonyl (C=O) groups excluding carboxylic acids is 2. The van der Waals surface area contributed by atoms with Gasteiger partial charge in [0.05, 0.1) is 31.0 Å². The van der Waals surface area contributed by atoms with Crippen LogP contribution in [0.3, 0.4) is 0 Å². The smallest absolute Gasteiger partial charge is 0.392 e. The van der Waals surface area contributed by atoms with Crippen molar-refractivity contribution < 1.29 is 32.2 Å². The minimum atomic E-state index is -4.36. The molecule has 0 aromatic rings. The van der Waals surface area contributed by atoms with Crippen LogP contribution in [0, 0.1) is 11.3 Å². The van der Waals surface area contributed by atoms with Gasteiger partial charge in [-0.25, -0.2) is 0 Å². The van der Waals surface area contributed by atoms with E-state index in [4.69, 9.17) is 9.47 Å². The summed E-state index contributed by atoms with van der Waals surface area (Å²) in [4.78, 5) is 23.9. The van der Waals surface area contributed by atoms with E-state index in [1.165, 1.54) is 0 Å². The molecule has 7 heteroatoms. The Morgan fingerprint density at radius 2 is 1.70 bits per heavy atom. The summed E-state index contributed by atoms with van der Waals surface area (Å²) in [7, 11) is 0. The van der Waals surface area contributed by atoms with Crippen LogP contribution in [0.25, 0.3) is 0 Å². The van der Waals surface area contributed by atoms with Crippen molar-refractivity contribution in [1.82, 2.24) is 0 Å². The predicted molar refractivity (Wildman–Crippen MR) is 79.7 cm³/mol. The number of hydrogen-bond acceptors (Lipinski definition) is 4. The van der Waals surface area contributed by atoms with Crippen LogP contribution in [0.15, 0.2) is 0 Å². The zero-order valence-electron chi connectivity index (χ0n) is 14.3. The van der Waals surface area contributed by atoms with Crippen molar-refractivity contribution in [2.75, 3.05) is 13.2 Å². The molecule has 4 nitrogen and oxygen atoms in total. The molecule has 0 aromatic heterocycles. The summed E-state index contributed by atoms with van der Waals surface area (Å²) in [6, 6.07) is 0. The molecule has 0 aromatic carbocycles. The lowest BCUT2D eigenvalue weighted by Crippen LogP contribution is -2.34. The molecule has 0 saturated carbocycles. The van der Waals surface area contributed by atoms with Gasteiger partial charge in [0.1, 0.15) is 0 Å². The SMILES string of the molecule is CCCCOC(=O)C(C)CC(C)(CC)C(=O)OCCC(F)(F)F. The average Bonchev–Trinajstić information content (AvgIpc) is 2.45. The number of unbranched alkanes of at least 4 members (excludes halogenated alkanes) is 1. The summed E-state index contributed by atoms with van der Waals surface area (Å²) in [6.07, 6.45) is -3.32. The van der Waals surface area contributed by atoms with Crippen LogP contribution in [-0.4, -0.2) is 31.3 Å². The molecule has 0 heterocycles. The minimum absolute atomic E-state index is 0.180. The molecule has 0 spiro atoms. The molecule has 0 fully saturated rings. The molecule has 0 aliphatic heterocycles. The lowest BCUT2D eigenvalue weighted by Gasteiger charge is -2.28. The Morgan fingerprint density at radius 3 is 2.17 bits per heavy atom. The average molecular weight is 340 g/mol. The van der Waals surface area contributed by atoms with E-state index in [1.807, 2.05) is 6.92 Å². The van der Waals surface area contributed by atoms with Crippen LogP contribution in [0.5, 0.6) is 0 Å². The van der Waals surface area contributed by atoms with Crippen molar-refractivity contribution in [1.29, 1.82) is 0 Å².